The predicted molar refractivity (Wildman–Crippen MR) is 136 cm³/mol. The Labute approximate surface area is 205 Å². The molecule has 2 aromatic heterocycles. The lowest BCUT2D eigenvalue weighted by molar-refractivity contribution is -0.116. The minimum Gasteiger partial charge on any atom is -0.497 e. The zero-order valence-electron chi connectivity index (χ0n) is 19.9. The number of aryl methyl sites for hydroxylation is 1. The number of fused-ring (bicyclic) bond motifs is 3. The van der Waals surface area contributed by atoms with Gasteiger partial charge in [0.25, 0.3) is 0 Å². The van der Waals surface area contributed by atoms with Gasteiger partial charge in [-0.1, -0.05) is 29.8 Å². The molecule has 5 aromatic rings. The highest BCUT2D eigenvalue weighted by Crippen LogP contribution is 2.29. The molecular weight excluding hydrogens is 462 g/mol. The third kappa shape index (κ3) is 3.90. The number of nitrogens with one attached hydrogen (secondary N) is 1. The van der Waals surface area contributed by atoms with E-state index in [9.17, 15) is 14.4 Å². The van der Waals surface area contributed by atoms with Gasteiger partial charge >= 0.3 is 11.2 Å². The van der Waals surface area contributed by atoms with E-state index in [2.05, 4.69) is 5.32 Å². The molecule has 0 bridgehead atoms. The molecule has 0 aliphatic rings. The number of para-hydroxylation sites is 1. The Morgan fingerprint density at radius 3 is 2.44 bits per heavy atom. The second-order valence-corrected chi connectivity index (χ2v) is 8.24. The molecule has 9 heteroatoms. The maximum atomic E-state index is 13.7. The third-order valence-corrected chi connectivity index (χ3v) is 5.93. The van der Waals surface area contributed by atoms with Crippen molar-refractivity contribution in [1.82, 2.24) is 9.13 Å². The van der Waals surface area contributed by atoms with Gasteiger partial charge in [-0.25, -0.2) is 9.36 Å². The molecule has 2 heterocycles. The lowest BCUT2D eigenvalue weighted by Gasteiger charge is -2.14. The van der Waals surface area contributed by atoms with Crippen LogP contribution in [0.1, 0.15) is 5.56 Å². The first-order chi connectivity index (χ1) is 17.4. The number of anilines is 1. The maximum Gasteiger partial charge on any atom is 0.336 e. The Morgan fingerprint density at radius 1 is 0.972 bits per heavy atom. The molecule has 1 amide bonds. The molecule has 0 saturated carbocycles. The van der Waals surface area contributed by atoms with E-state index in [1.165, 1.54) is 18.8 Å². The van der Waals surface area contributed by atoms with Gasteiger partial charge < -0.3 is 19.2 Å². The fraction of sp³-hybridized carbons (Fsp3) is 0.148. The number of benzene rings is 3. The van der Waals surface area contributed by atoms with Crippen LogP contribution in [0.2, 0.25) is 0 Å². The number of rotatable bonds is 6. The van der Waals surface area contributed by atoms with Crippen LogP contribution in [0.4, 0.5) is 5.69 Å². The Morgan fingerprint density at radius 2 is 1.72 bits per heavy atom. The molecule has 0 unspecified atom stereocenters. The van der Waals surface area contributed by atoms with Crippen LogP contribution in [0.15, 0.2) is 80.7 Å². The van der Waals surface area contributed by atoms with Gasteiger partial charge in [-0.15, -0.1) is 0 Å². The molecule has 3 aromatic carbocycles. The highest BCUT2D eigenvalue weighted by Gasteiger charge is 2.22. The average molecular weight is 485 g/mol. The number of ether oxygens (including phenoxy) is 2. The Balaban J connectivity index is 1.68. The van der Waals surface area contributed by atoms with Crippen LogP contribution < -0.4 is 26.0 Å². The Hall–Kier alpha value is -4.79. The van der Waals surface area contributed by atoms with Gasteiger partial charge in [-0.2, -0.15) is 0 Å². The van der Waals surface area contributed by atoms with Crippen molar-refractivity contribution >= 4 is 33.7 Å². The predicted octanol–water partition coefficient (Wildman–Crippen LogP) is 3.86. The fourth-order valence-corrected chi connectivity index (χ4v) is 4.16. The highest BCUT2D eigenvalue weighted by molar-refractivity contribution is 6.03. The van der Waals surface area contributed by atoms with Gasteiger partial charge in [0.05, 0.1) is 25.6 Å². The van der Waals surface area contributed by atoms with Crippen LogP contribution in [-0.4, -0.2) is 29.3 Å². The number of carbonyl (C=O) groups excluding carboxylic acids is 1. The molecule has 182 valence electrons. The summed E-state index contributed by atoms with van der Waals surface area (Å²) < 4.78 is 18.7. The summed E-state index contributed by atoms with van der Waals surface area (Å²) in [7, 11) is 3.00. The summed E-state index contributed by atoms with van der Waals surface area (Å²) in [6.45, 7) is 1.54. The summed E-state index contributed by atoms with van der Waals surface area (Å²) in [6.07, 6.45) is 0. The van der Waals surface area contributed by atoms with Gasteiger partial charge in [0.1, 0.15) is 29.1 Å². The van der Waals surface area contributed by atoms with Crippen LogP contribution in [0.3, 0.4) is 0 Å². The van der Waals surface area contributed by atoms with E-state index in [0.29, 0.717) is 33.8 Å². The summed E-state index contributed by atoms with van der Waals surface area (Å²) in [6, 6.07) is 19.0. The van der Waals surface area contributed by atoms with Gasteiger partial charge in [0.2, 0.25) is 11.5 Å². The number of hydrogen-bond donors (Lipinski definition) is 1. The maximum absolute atomic E-state index is 13.7. The second-order valence-electron chi connectivity index (χ2n) is 8.24. The van der Waals surface area contributed by atoms with E-state index in [4.69, 9.17) is 13.9 Å². The Kier molecular flexibility index (Phi) is 5.81. The van der Waals surface area contributed by atoms with Crippen molar-refractivity contribution in [2.75, 3.05) is 19.5 Å². The number of carbonyl (C=O) groups is 1. The first-order valence-corrected chi connectivity index (χ1v) is 11.2. The van der Waals surface area contributed by atoms with Crippen molar-refractivity contribution in [2.45, 2.75) is 13.5 Å². The van der Waals surface area contributed by atoms with Crippen molar-refractivity contribution in [1.29, 1.82) is 0 Å². The molecule has 36 heavy (non-hydrogen) atoms. The van der Waals surface area contributed by atoms with Crippen LogP contribution in [0, 0.1) is 6.92 Å². The van der Waals surface area contributed by atoms with Gasteiger partial charge in [-0.3, -0.25) is 14.2 Å². The minimum atomic E-state index is -0.657. The average Bonchev–Trinajstić information content (AvgIpc) is 3.27. The van der Waals surface area contributed by atoms with Crippen LogP contribution in [0.25, 0.3) is 27.8 Å². The molecule has 0 radical (unpaired) electrons. The molecule has 0 saturated heterocycles. The third-order valence-electron chi connectivity index (χ3n) is 5.93. The first-order valence-electron chi connectivity index (χ1n) is 11.2. The minimum absolute atomic E-state index is 0.0110. The van der Waals surface area contributed by atoms with Gasteiger partial charge in [0.15, 0.2) is 0 Å². The lowest BCUT2D eigenvalue weighted by atomic mass is 10.2. The summed E-state index contributed by atoms with van der Waals surface area (Å²) >= 11 is 0. The largest absolute Gasteiger partial charge is 0.497 e. The van der Waals surface area contributed by atoms with Crippen molar-refractivity contribution in [3.8, 4) is 17.2 Å². The first kappa shape index (κ1) is 23.0. The van der Waals surface area contributed by atoms with Crippen molar-refractivity contribution in [2.24, 2.45) is 0 Å². The summed E-state index contributed by atoms with van der Waals surface area (Å²) in [4.78, 5) is 40.3. The number of amides is 1. The van der Waals surface area contributed by atoms with E-state index < -0.39 is 17.2 Å². The number of hydrogen-bond acceptors (Lipinski definition) is 6. The molecule has 0 aliphatic carbocycles. The molecular formula is C27H23N3O6. The second kappa shape index (κ2) is 9.10. The van der Waals surface area contributed by atoms with E-state index >= 15 is 0 Å². The monoisotopic (exact) mass is 485 g/mol. The van der Waals surface area contributed by atoms with Gasteiger partial charge in [0, 0.05) is 11.5 Å². The van der Waals surface area contributed by atoms with E-state index in [0.717, 1.165) is 10.1 Å². The molecule has 0 atom stereocenters. The van der Waals surface area contributed by atoms with Gasteiger partial charge in [-0.05, 0) is 43.3 Å². The number of furan rings is 1. The summed E-state index contributed by atoms with van der Waals surface area (Å²) in [5.41, 5.74) is 1.17. The molecule has 0 spiro atoms. The Bertz CT molecular complexity index is 1730. The van der Waals surface area contributed by atoms with Crippen LogP contribution in [-0.2, 0) is 11.3 Å². The summed E-state index contributed by atoms with van der Waals surface area (Å²) in [5, 5.41) is 3.34. The number of methoxy groups -OCH3 is 2. The zero-order valence-corrected chi connectivity index (χ0v) is 19.9. The smallest absolute Gasteiger partial charge is 0.336 e. The molecule has 5 rings (SSSR count). The van der Waals surface area contributed by atoms with E-state index in [-0.39, 0.29) is 17.6 Å². The lowest BCUT2D eigenvalue weighted by Crippen LogP contribution is -2.40. The molecule has 9 nitrogen and oxygen atoms in total. The summed E-state index contributed by atoms with van der Waals surface area (Å²) in [5.74, 6) is 0.462. The number of nitrogens with zero attached hydrogens (tertiary/aromatic N) is 2. The number of aromatic nitrogens is 2. The molecule has 0 fully saturated rings. The molecule has 0 aliphatic heterocycles. The van der Waals surface area contributed by atoms with E-state index in [1.807, 2.05) is 6.92 Å². The van der Waals surface area contributed by atoms with Crippen molar-refractivity contribution < 1.29 is 18.7 Å². The van der Waals surface area contributed by atoms with E-state index in [1.54, 1.807) is 66.7 Å². The standard InChI is InChI=1S/C27H23N3O6/c1-16-8-10-17(11-9-16)30-26(32)25-24(19-6-4-5-7-21(19)36-25)29(27(30)33)15-23(31)28-20-14-18(34-2)12-13-22(20)35-3/h4-14H,15H2,1-3H3,(H,28,31). The van der Waals surface area contributed by atoms with Crippen LogP contribution in [0.5, 0.6) is 11.5 Å². The zero-order chi connectivity index (χ0) is 25.4. The van der Waals surface area contributed by atoms with Crippen LogP contribution >= 0.6 is 0 Å². The highest BCUT2D eigenvalue weighted by atomic mass is 16.5. The quantitative estimate of drug-likeness (QED) is 0.392. The van der Waals surface area contributed by atoms with Crippen molar-refractivity contribution in [3.63, 3.8) is 0 Å². The molecule has 1 N–H and O–H groups in total. The normalized spacial score (nSPS) is 11.1. The topological polar surface area (TPSA) is 105 Å². The fourth-order valence-electron chi connectivity index (χ4n) is 4.16. The SMILES string of the molecule is COc1ccc(OC)c(NC(=O)Cn2c(=O)n(-c3ccc(C)cc3)c(=O)c3oc4ccccc4c32)c1. The van der Waals surface area contributed by atoms with Crippen molar-refractivity contribution in [3.05, 3.63) is 93.1 Å².